The molecule has 80 valence electrons. The van der Waals surface area contributed by atoms with Crippen molar-refractivity contribution in [2.75, 3.05) is 0 Å². The highest BCUT2D eigenvalue weighted by Crippen LogP contribution is 2.30. The van der Waals surface area contributed by atoms with E-state index in [-0.39, 0.29) is 0 Å². The average molecular weight is 227 g/mol. The van der Waals surface area contributed by atoms with Gasteiger partial charge in [0.25, 0.3) is 0 Å². The SMILES string of the molecule is Cc1ccc(C)c2[nH]c(-c3cccs3)cc12. The van der Waals surface area contributed by atoms with E-state index < -0.39 is 0 Å². The summed E-state index contributed by atoms with van der Waals surface area (Å²) in [6.07, 6.45) is 0. The van der Waals surface area contributed by atoms with E-state index in [9.17, 15) is 0 Å². The Morgan fingerprint density at radius 3 is 2.56 bits per heavy atom. The lowest BCUT2D eigenvalue weighted by Gasteiger charge is -1.98. The highest BCUT2D eigenvalue weighted by atomic mass is 32.1. The number of thiophene rings is 1. The third-order valence-corrected chi connectivity index (χ3v) is 3.91. The quantitative estimate of drug-likeness (QED) is 0.629. The predicted octanol–water partition coefficient (Wildman–Crippen LogP) is 4.51. The minimum Gasteiger partial charge on any atom is -0.354 e. The van der Waals surface area contributed by atoms with Crippen LogP contribution in [-0.2, 0) is 0 Å². The molecule has 0 aliphatic rings. The van der Waals surface area contributed by atoms with Gasteiger partial charge >= 0.3 is 0 Å². The molecular weight excluding hydrogens is 214 g/mol. The van der Waals surface area contributed by atoms with E-state index in [1.165, 1.54) is 32.6 Å². The molecule has 1 aromatic carbocycles. The predicted molar refractivity (Wildman–Crippen MR) is 71.1 cm³/mol. The van der Waals surface area contributed by atoms with Crippen molar-refractivity contribution in [3.8, 4) is 10.6 Å². The fourth-order valence-corrected chi connectivity index (χ4v) is 2.76. The number of aryl methyl sites for hydroxylation is 2. The molecule has 2 aromatic heterocycles. The van der Waals surface area contributed by atoms with E-state index in [1.54, 1.807) is 11.3 Å². The van der Waals surface area contributed by atoms with Crippen LogP contribution in [0, 0.1) is 13.8 Å². The number of benzene rings is 1. The van der Waals surface area contributed by atoms with Crippen LogP contribution in [0.25, 0.3) is 21.5 Å². The monoisotopic (exact) mass is 227 g/mol. The van der Waals surface area contributed by atoms with Crippen molar-refractivity contribution >= 4 is 22.2 Å². The summed E-state index contributed by atoms with van der Waals surface area (Å²) in [5.74, 6) is 0. The zero-order valence-electron chi connectivity index (χ0n) is 9.37. The lowest BCUT2D eigenvalue weighted by Crippen LogP contribution is -1.78. The van der Waals surface area contributed by atoms with Crippen LogP contribution in [0.2, 0.25) is 0 Å². The zero-order chi connectivity index (χ0) is 11.1. The number of H-pyrrole nitrogens is 1. The fraction of sp³-hybridized carbons (Fsp3) is 0.143. The summed E-state index contributed by atoms with van der Waals surface area (Å²) < 4.78 is 0. The molecule has 0 unspecified atom stereocenters. The van der Waals surface area contributed by atoms with Gasteiger partial charge in [-0.05, 0) is 42.5 Å². The molecule has 0 fully saturated rings. The van der Waals surface area contributed by atoms with Crippen molar-refractivity contribution < 1.29 is 0 Å². The minimum absolute atomic E-state index is 1.22. The second-order valence-corrected chi connectivity index (χ2v) is 5.10. The summed E-state index contributed by atoms with van der Waals surface area (Å²) in [5.41, 5.74) is 5.13. The molecule has 0 spiro atoms. The van der Waals surface area contributed by atoms with E-state index in [4.69, 9.17) is 0 Å². The van der Waals surface area contributed by atoms with Crippen LogP contribution >= 0.6 is 11.3 Å². The molecule has 1 N–H and O–H groups in total. The zero-order valence-corrected chi connectivity index (χ0v) is 10.2. The van der Waals surface area contributed by atoms with Crippen LogP contribution in [0.5, 0.6) is 0 Å². The van der Waals surface area contributed by atoms with Crippen LogP contribution in [0.1, 0.15) is 11.1 Å². The number of aromatic amines is 1. The van der Waals surface area contributed by atoms with Crippen molar-refractivity contribution in [1.82, 2.24) is 4.98 Å². The molecule has 0 saturated heterocycles. The van der Waals surface area contributed by atoms with Crippen LogP contribution in [-0.4, -0.2) is 4.98 Å². The van der Waals surface area contributed by atoms with Gasteiger partial charge in [-0.15, -0.1) is 11.3 Å². The molecule has 16 heavy (non-hydrogen) atoms. The number of rotatable bonds is 1. The standard InChI is InChI=1S/C14H13NS/c1-9-5-6-10(2)14-11(9)8-12(15-14)13-4-3-7-16-13/h3-8,15H,1-2H3. The Labute approximate surface area is 98.7 Å². The number of fused-ring (bicyclic) bond motifs is 1. The smallest absolute Gasteiger partial charge is 0.0566 e. The van der Waals surface area contributed by atoms with Crippen molar-refractivity contribution in [3.05, 3.63) is 46.8 Å². The maximum atomic E-state index is 3.52. The third-order valence-electron chi connectivity index (χ3n) is 3.01. The van der Waals surface area contributed by atoms with Crippen molar-refractivity contribution in [3.63, 3.8) is 0 Å². The molecule has 3 rings (SSSR count). The molecule has 0 aliphatic heterocycles. The fourth-order valence-electron chi connectivity index (χ4n) is 2.06. The molecule has 2 heterocycles. The summed E-state index contributed by atoms with van der Waals surface area (Å²) >= 11 is 1.77. The largest absolute Gasteiger partial charge is 0.354 e. The Balaban J connectivity index is 2.31. The molecule has 0 radical (unpaired) electrons. The first-order chi connectivity index (χ1) is 7.75. The summed E-state index contributed by atoms with van der Waals surface area (Å²) in [6, 6.07) is 10.9. The van der Waals surface area contributed by atoms with Gasteiger partial charge in [-0.1, -0.05) is 18.2 Å². The normalized spacial score (nSPS) is 11.1. The van der Waals surface area contributed by atoms with E-state index in [2.05, 4.69) is 54.5 Å². The van der Waals surface area contributed by atoms with Crippen LogP contribution in [0.3, 0.4) is 0 Å². The third kappa shape index (κ3) is 1.38. The van der Waals surface area contributed by atoms with Crippen LogP contribution in [0.4, 0.5) is 0 Å². The molecule has 0 bridgehead atoms. The first kappa shape index (κ1) is 9.67. The van der Waals surface area contributed by atoms with Gasteiger partial charge in [0, 0.05) is 10.9 Å². The lowest BCUT2D eigenvalue weighted by molar-refractivity contribution is 1.40. The maximum absolute atomic E-state index is 3.52. The van der Waals surface area contributed by atoms with Gasteiger partial charge < -0.3 is 4.98 Å². The molecule has 0 aliphatic carbocycles. The first-order valence-corrected chi connectivity index (χ1v) is 6.26. The van der Waals surface area contributed by atoms with Crippen LogP contribution in [0.15, 0.2) is 35.7 Å². The van der Waals surface area contributed by atoms with E-state index >= 15 is 0 Å². The van der Waals surface area contributed by atoms with Gasteiger partial charge in [-0.3, -0.25) is 0 Å². The average Bonchev–Trinajstić information content (AvgIpc) is 2.90. The van der Waals surface area contributed by atoms with Crippen molar-refractivity contribution in [2.45, 2.75) is 13.8 Å². The number of aromatic nitrogens is 1. The van der Waals surface area contributed by atoms with Gasteiger partial charge in [0.05, 0.1) is 10.6 Å². The summed E-state index contributed by atoms with van der Waals surface area (Å²) in [6.45, 7) is 4.31. The van der Waals surface area contributed by atoms with Gasteiger partial charge in [-0.2, -0.15) is 0 Å². The molecule has 0 saturated carbocycles. The Hall–Kier alpha value is -1.54. The Morgan fingerprint density at radius 2 is 1.88 bits per heavy atom. The lowest BCUT2D eigenvalue weighted by atomic mass is 10.1. The van der Waals surface area contributed by atoms with E-state index in [1.807, 2.05) is 0 Å². The van der Waals surface area contributed by atoms with Crippen molar-refractivity contribution in [1.29, 1.82) is 0 Å². The molecule has 3 aromatic rings. The van der Waals surface area contributed by atoms with E-state index in [0.29, 0.717) is 0 Å². The molecule has 0 atom stereocenters. The topological polar surface area (TPSA) is 15.8 Å². The van der Waals surface area contributed by atoms with E-state index in [0.717, 1.165) is 0 Å². The van der Waals surface area contributed by atoms with Gasteiger partial charge in [-0.25, -0.2) is 0 Å². The second-order valence-electron chi connectivity index (χ2n) is 4.15. The van der Waals surface area contributed by atoms with Gasteiger partial charge in [0.2, 0.25) is 0 Å². The van der Waals surface area contributed by atoms with Gasteiger partial charge in [0.1, 0.15) is 0 Å². The van der Waals surface area contributed by atoms with Crippen LogP contribution < -0.4 is 0 Å². The maximum Gasteiger partial charge on any atom is 0.0566 e. The highest BCUT2D eigenvalue weighted by Gasteiger charge is 2.07. The summed E-state index contributed by atoms with van der Waals surface area (Å²) in [4.78, 5) is 4.82. The number of hydrogen-bond acceptors (Lipinski definition) is 1. The molecule has 2 heteroatoms. The van der Waals surface area contributed by atoms with Gasteiger partial charge in [0.15, 0.2) is 0 Å². The van der Waals surface area contributed by atoms with Crippen molar-refractivity contribution in [2.24, 2.45) is 0 Å². The first-order valence-electron chi connectivity index (χ1n) is 5.38. The molecule has 0 amide bonds. The summed E-state index contributed by atoms with van der Waals surface area (Å²) in [7, 11) is 0. The number of nitrogens with one attached hydrogen (secondary N) is 1. The highest BCUT2D eigenvalue weighted by molar-refractivity contribution is 7.13. The Kier molecular flexibility index (Phi) is 2.11. The molecule has 1 nitrogen and oxygen atoms in total. The Bertz CT molecular complexity index is 593. The Morgan fingerprint density at radius 1 is 1.06 bits per heavy atom. The minimum atomic E-state index is 1.22. The second kappa shape index (κ2) is 3.49. The number of hydrogen-bond donors (Lipinski definition) is 1. The summed E-state index contributed by atoms with van der Waals surface area (Å²) in [5, 5.41) is 3.45. The molecular formula is C14H13NS.